The molecule has 0 aromatic heterocycles. The Balaban J connectivity index is 1.46. The Morgan fingerprint density at radius 3 is 2.56 bits per heavy atom. The first-order chi connectivity index (χ1) is 13.2. The highest BCUT2D eigenvalue weighted by atomic mass is 16.6. The number of nitrogens with zero attached hydrogens (tertiary/aromatic N) is 1. The molecule has 0 radical (unpaired) electrons. The number of rotatable bonds is 7. The summed E-state index contributed by atoms with van der Waals surface area (Å²) in [7, 11) is 0. The van der Waals surface area contributed by atoms with E-state index < -0.39 is 0 Å². The zero-order valence-electron chi connectivity index (χ0n) is 15.7. The molecule has 0 bridgehead atoms. The van der Waals surface area contributed by atoms with Gasteiger partial charge in [-0.2, -0.15) is 0 Å². The minimum Gasteiger partial charge on any atom is -0.486 e. The van der Waals surface area contributed by atoms with E-state index in [1.807, 2.05) is 48.5 Å². The highest BCUT2D eigenvalue weighted by molar-refractivity contribution is 5.81. The number of ether oxygens (including phenoxy) is 2. The van der Waals surface area contributed by atoms with Crippen molar-refractivity contribution in [1.82, 2.24) is 5.32 Å². The molecule has 27 heavy (non-hydrogen) atoms. The first-order valence-electron chi connectivity index (χ1n) is 9.73. The number of para-hydroxylation sites is 1. The van der Waals surface area contributed by atoms with Crippen molar-refractivity contribution in [1.29, 1.82) is 0 Å². The Hall–Kier alpha value is -2.69. The standard InChI is InChI=1S/C22H26N2O3/c1-2-24(18-6-4-3-5-7-18)15-21(25)23-22(16-8-9-16)17-10-11-19-20(14-17)27-13-12-26-19/h3-7,10-11,14,16,22H,2,8-9,12-13,15H2,1H3,(H,23,25). The summed E-state index contributed by atoms with van der Waals surface area (Å²) < 4.78 is 11.3. The second kappa shape index (κ2) is 7.91. The molecular weight excluding hydrogens is 340 g/mol. The molecule has 142 valence electrons. The predicted octanol–water partition coefficient (Wildman–Crippen LogP) is 3.55. The Bertz CT molecular complexity index is 789. The molecule has 1 saturated carbocycles. The van der Waals surface area contributed by atoms with Crippen LogP contribution in [0, 0.1) is 5.92 Å². The molecule has 1 N–H and O–H groups in total. The lowest BCUT2D eigenvalue weighted by atomic mass is 10.0. The molecule has 1 aliphatic heterocycles. The zero-order valence-corrected chi connectivity index (χ0v) is 15.7. The van der Waals surface area contributed by atoms with Crippen LogP contribution in [0.1, 0.15) is 31.4 Å². The van der Waals surface area contributed by atoms with Gasteiger partial charge in [0.25, 0.3) is 0 Å². The number of likely N-dealkylation sites (N-methyl/N-ethyl adjacent to an activating group) is 1. The van der Waals surface area contributed by atoms with Crippen LogP contribution in [0.2, 0.25) is 0 Å². The fourth-order valence-corrected chi connectivity index (χ4v) is 3.57. The van der Waals surface area contributed by atoms with Crippen molar-refractivity contribution in [2.24, 2.45) is 5.92 Å². The third-order valence-corrected chi connectivity index (χ3v) is 5.17. The summed E-state index contributed by atoms with van der Waals surface area (Å²) in [5.74, 6) is 2.11. The predicted molar refractivity (Wildman–Crippen MR) is 105 cm³/mol. The second-order valence-corrected chi connectivity index (χ2v) is 7.14. The van der Waals surface area contributed by atoms with E-state index in [1.54, 1.807) is 0 Å². The average molecular weight is 366 g/mol. The highest BCUT2D eigenvalue weighted by Crippen LogP contribution is 2.43. The van der Waals surface area contributed by atoms with E-state index in [0.29, 0.717) is 25.7 Å². The van der Waals surface area contributed by atoms with Crippen LogP contribution in [0.3, 0.4) is 0 Å². The molecule has 1 amide bonds. The Morgan fingerprint density at radius 1 is 1.11 bits per heavy atom. The number of nitrogens with one attached hydrogen (secondary N) is 1. The Kier molecular flexibility index (Phi) is 5.19. The summed E-state index contributed by atoms with van der Waals surface area (Å²) in [5.41, 5.74) is 2.16. The lowest BCUT2D eigenvalue weighted by Gasteiger charge is -2.26. The van der Waals surface area contributed by atoms with Gasteiger partial charge in [0.1, 0.15) is 13.2 Å². The van der Waals surface area contributed by atoms with Gasteiger partial charge in [0.15, 0.2) is 11.5 Å². The number of carbonyl (C=O) groups excluding carboxylic acids is 1. The lowest BCUT2D eigenvalue weighted by molar-refractivity contribution is -0.120. The molecule has 1 unspecified atom stereocenters. The van der Waals surface area contributed by atoms with Gasteiger partial charge in [0.2, 0.25) is 5.91 Å². The van der Waals surface area contributed by atoms with Crippen molar-refractivity contribution < 1.29 is 14.3 Å². The summed E-state index contributed by atoms with van der Waals surface area (Å²) in [6.45, 7) is 4.37. The molecule has 1 atom stereocenters. The van der Waals surface area contributed by atoms with Crippen LogP contribution in [0.25, 0.3) is 0 Å². The molecule has 1 aliphatic carbocycles. The number of amides is 1. The van der Waals surface area contributed by atoms with Crippen molar-refractivity contribution in [2.45, 2.75) is 25.8 Å². The van der Waals surface area contributed by atoms with Gasteiger partial charge in [0.05, 0.1) is 12.6 Å². The minimum absolute atomic E-state index is 0.0304. The number of benzene rings is 2. The molecule has 0 spiro atoms. The number of carbonyl (C=O) groups is 1. The maximum Gasteiger partial charge on any atom is 0.240 e. The number of anilines is 1. The SMILES string of the molecule is CCN(CC(=O)NC(c1ccc2c(c1)OCCO2)C1CC1)c1ccccc1. The maximum atomic E-state index is 12.8. The molecule has 5 heteroatoms. The van der Waals surface area contributed by atoms with Crippen LogP contribution in [-0.2, 0) is 4.79 Å². The first-order valence-corrected chi connectivity index (χ1v) is 9.73. The highest BCUT2D eigenvalue weighted by Gasteiger charge is 2.34. The summed E-state index contributed by atoms with van der Waals surface area (Å²) in [4.78, 5) is 14.9. The van der Waals surface area contributed by atoms with E-state index in [9.17, 15) is 4.79 Å². The third kappa shape index (κ3) is 4.18. The molecule has 4 rings (SSSR count). The van der Waals surface area contributed by atoms with Gasteiger partial charge >= 0.3 is 0 Å². The smallest absolute Gasteiger partial charge is 0.240 e. The molecule has 1 fully saturated rings. The van der Waals surface area contributed by atoms with Crippen LogP contribution in [0.5, 0.6) is 11.5 Å². The van der Waals surface area contributed by atoms with Gasteiger partial charge in [-0.3, -0.25) is 4.79 Å². The van der Waals surface area contributed by atoms with Crippen molar-refractivity contribution >= 4 is 11.6 Å². The van der Waals surface area contributed by atoms with Gasteiger partial charge < -0.3 is 19.7 Å². The van der Waals surface area contributed by atoms with Gasteiger partial charge in [0, 0.05) is 12.2 Å². The fraction of sp³-hybridized carbons (Fsp3) is 0.409. The Labute approximate surface area is 160 Å². The summed E-state index contributed by atoms with van der Waals surface area (Å²) in [5, 5.41) is 3.26. The van der Waals surface area contributed by atoms with Crippen molar-refractivity contribution in [3.8, 4) is 11.5 Å². The fourth-order valence-electron chi connectivity index (χ4n) is 3.57. The summed E-state index contributed by atoms with van der Waals surface area (Å²) in [6, 6.07) is 16.1. The van der Waals surface area contributed by atoms with Gasteiger partial charge in [-0.05, 0) is 55.5 Å². The normalized spacial score (nSPS) is 16.5. The molecule has 2 aromatic rings. The van der Waals surface area contributed by atoms with E-state index in [1.165, 1.54) is 0 Å². The van der Waals surface area contributed by atoms with Crippen LogP contribution in [0.4, 0.5) is 5.69 Å². The number of hydrogen-bond donors (Lipinski definition) is 1. The van der Waals surface area contributed by atoms with Crippen molar-refractivity contribution in [2.75, 3.05) is 31.2 Å². The van der Waals surface area contributed by atoms with Crippen LogP contribution in [0.15, 0.2) is 48.5 Å². The molecule has 0 saturated heterocycles. The molecular formula is C22H26N2O3. The van der Waals surface area contributed by atoms with Crippen LogP contribution in [-0.4, -0.2) is 32.2 Å². The monoisotopic (exact) mass is 366 g/mol. The number of hydrogen-bond acceptors (Lipinski definition) is 4. The second-order valence-electron chi connectivity index (χ2n) is 7.14. The molecule has 2 aromatic carbocycles. The number of fused-ring (bicyclic) bond motifs is 1. The zero-order chi connectivity index (χ0) is 18.6. The van der Waals surface area contributed by atoms with Gasteiger partial charge in [-0.25, -0.2) is 0 Å². The summed E-state index contributed by atoms with van der Waals surface area (Å²) >= 11 is 0. The molecule has 1 heterocycles. The van der Waals surface area contributed by atoms with E-state index >= 15 is 0 Å². The molecule has 2 aliphatic rings. The largest absolute Gasteiger partial charge is 0.486 e. The summed E-state index contributed by atoms with van der Waals surface area (Å²) in [6.07, 6.45) is 2.30. The lowest BCUT2D eigenvalue weighted by Crippen LogP contribution is -2.39. The quantitative estimate of drug-likeness (QED) is 0.814. The maximum absolute atomic E-state index is 12.8. The van der Waals surface area contributed by atoms with E-state index in [0.717, 1.165) is 42.1 Å². The third-order valence-electron chi connectivity index (χ3n) is 5.17. The van der Waals surface area contributed by atoms with Crippen molar-refractivity contribution in [3.63, 3.8) is 0 Å². The topological polar surface area (TPSA) is 50.8 Å². The van der Waals surface area contributed by atoms with Gasteiger partial charge in [-0.1, -0.05) is 24.3 Å². The Morgan fingerprint density at radius 2 is 1.85 bits per heavy atom. The van der Waals surface area contributed by atoms with Crippen molar-refractivity contribution in [3.05, 3.63) is 54.1 Å². The molecule has 5 nitrogen and oxygen atoms in total. The van der Waals surface area contributed by atoms with Gasteiger partial charge in [-0.15, -0.1) is 0 Å². The van der Waals surface area contributed by atoms with E-state index in [-0.39, 0.29) is 11.9 Å². The average Bonchev–Trinajstić information content (AvgIpc) is 3.56. The van der Waals surface area contributed by atoms with Crippen LogP contribution >= 0.6 is 0 Å². The minimum atomic E-state index is 0.0304. The van der Waals surface area contributed by atoms with E-state index in [4.69, 9.17) is 9.47 Å². The van der Waals surface area contributed by atoms with Crippen LogP contribution < -0.4 is 19.7 Å². The van der Waals surface area contributed by atoms with E-state index in [2.05, 4.69) is 17.1 Å². The first kappa shape index (κ1) is 17.7.